The molecule has 1 heterocycles. The lowest BCUT2D eigenvalue weighted by atomic mass is 10.1. The molecule has 0 spiro atoms. The van der Waals surface area contributed by atoms with Gasteiger partial charge in [0, 0.05) is 19.0 Å². The van der Waals surface area contributed by atoms with Crippen LogP contribution in [-0.4, -0.2) is 40.7 Å². The second-order valence-corrected chi connectivity index (χ2v) is 4.65. The van der Waals surface area contributed by atoms with Gasteiger partial charge in [0.25, 0.3) is 0 Å². The number of carboxylic acids is 1. The summed E-state index contributed by atoms with van der Waals surface area (Å²) in [5.41, 5.74) is -0.293. The second kappa shape index (κ2) is 6.12. The average molecular weight is 293 g/mol. The first-order valence-electron chi connectivity index (χ1n) is 6.37. The van der Waals surface area contributed by atoms with Crippen LogP contribution in [-0.2, 0) is 4.79 Å². The Labute approximate surface area is 120 Å². The van der Waals surface area contributed by atoms with E-state index in [1.54, 1.807) is 0 Å². The number of aromatic hydroxyl groups is 1. The third kappa shape index (κ3) is 3.62. The molecular formula is C13H15N3O5. The number of rotatable bonds is 4. The molecule has 0 aromatic heterocycles. The number of carboxylic acid groups (broad SMARTS) is 1. The number of urea groups is 1. The molecule has 21 heavy (non-hydrogen) atoms. The van der Waals surface area contributed by atoms with Gasteiger partial charge in [-0.1, -0.05) is 6.07 Å². The molecule has 0 radical (unpaired) electrons. The normalized spacial score (nSPS) is 17.1. The SMILES string of the molecule is O=C1CCC(CNC(=O)Nc2cccc(C(=O)O)c2O)N1. The second-order valence-electron chi connectivity index (χ2n) is 4.65. The van der Waals surface area contributed by atoms with Crippen molar-refractivity contribution in [3.8, 4) is 5.75 Å². The standard InChI is InChI=1S/C13H15N3O5/c17-10-5-4-7(15-10)6-14-13(21)16-9-3-1-2-8(11(9)18)12(19)20/h1-3,7,18H,4-6H2,(H,15,17)(H,19,20)(H2,14,16,21). The Balaban J connectivity index is 1.92. The molecule has 112 valence electrons. The van der Waals surface area contributed by atoms with Gasteiger partial charge in [-0.05, 0) is 18.6 Å². The Bertz CT molecular complexity index is 587. The Morgan fingerprint density at radius 2 is 2.14 bits per heavy atom. The largest absolute Gasteiger partial charge is 0.505 e. The predicted molar refractivity (Wildman–Crippen MR) is 73.3 cm³/mol. The van der Waals surface area contributed by atoms with Crippen molar-refractivity contribution in [2.24, 2.45) is 0 Å². The minimum atomic E-state index is -1.29. The maximum absolute atomic E-state index is 11.7. The molecule has 0 saturated carbocycles. The minimum Gasteiger partial charge on any atom is -0.505 e. The number of benzene rings is 1. The molecule has 2 rings (SSSR count). The van der Waals surface area contributed by atoms with Crippen LogP contribution in [0.25, 0.3) is 0 Å². The third-order valence-electron chi connectivity index (χ3n) is 3.11. The Kier molecular flexibility index (Phi) is 4.27. The maximum atomic E-state index is 11.7. The van der Waals surface area contributed by atoms with Gasteiger partial charge in [-0.25, -0.2) is 9.59 Å². The lowest BCUT2D eigenvalue weighted by Crippen LogP contribution is -2.40. The fourth-order valence-corrected chi connectivity index (χ4v) is 2.03. The predicted octanol–water partition coefficient (Wildman–Crippen LogP) is 0.491. The first-order chi connectivity index (χ1) is 9.97. The van der Waals surface area contributed by atoms with Gasteiger partial charge in [0.05, 0.1) is 5.69 Å². The zero-order chi connectivity index (χ0) is 15.4. The molecule has 1 atom stereocenters. The van der Waals surface area contributed by atoms with Gasteiger partial charge >= 0.3 is 12.0 Å². The highest BCUT2D eigenvalue weighted by Crippen LogP contribution is 2.27. The monoisotopic (exact) mass is 293 g/mol. The zero-order valence-electron chi connectivity index (χ0n) is 11.0. The van der Waals surface area contributed by atoms with Crippen LogP contribution in [0.1, 0.15) is 23.2 Å². The number of anilines is 1. The van der Waals surface area contributed by atoms with E-state index in [0.29, 0.717) is 12.8 Å². The van der Waals surface area contributed by atoms with Gasteiger partial charge in [-0.15, -0.1) is 0 Å². The van der Waals surface area contributed by atoms with E-state index in [2.05, 4.69) is 16.0 Å². The highest BCUT2D eigenvalue weighted by Gasteiger charge is 2.21. The van der Waals surface area contributed by atoms with Gasteiger partial charge < -0.3 is 26.2 Å². The van der Waals surface area contributed by atoms with E-state index in [9.17, 15) is 19.5 Å². The van der Waals surface area contributed by atoms with Crippen molar-refractivity contribution in [1.29, 1.82) is 0 Å². The molecule has 5 N–H and O–H groups in total. The van der Waals surface area contributed by atoms with Crippen LogP contribution in [0.4, 0.5) is 10.5 Å². The number of phenols is 1. The molecule has 1 fully saturated rings. The zero-order valence-corrected chi connectivity index (χ0v) is 11.0. The summed E-state index contributed by atoms with van der Waals surface area (Å²) in [5, 5.41) is 26.2. The lowest BCUT2D eigenvalue weighted by molar-refractivity contribution is -0.119. The highest BCUT2D eigenvalue weighted by molar-refractivity contribution is 5.97. The van der Waals surface area contributed by atoms with E-state index in [1.165, 1.54) is 18.2 Å². The third-order valence-corrected chi connectivity index (χ3v) is 3.11. The van der Waals surface area contributed by atoms with Crippen molar-refractivity contribution in [2.75, 3.05) is 11.9 Å². The van der Waals surface area contributed by atoms with Crippen LogP contribution < -0.4 is 16.0 Å². The number of nitrogens with one attached hydrogen (secondary N) is 3. The fraction of sp³-hybridized carbons (Fsp3) is 0.308. The molecule has 1 unspecified atom stereocenters. The molecule has 8 heteroatoms. The van der Waals surface area contributed by atoms with Gasteiger partial charge in [-0.3, -0.25) is 4.79 Å². The summed E-state index contributed by atoms with van der Waals surface area (Å²) < 4.78 is 0. The van der Waals surface area contributed by atoms with E-state index in [1.807, 2.05) is 0 Å². The van der Waals surface area contributed by atoms with E-state index in [0.717, 1.165) is 0 Å². The number of carbonyl (C=O) groups is 3. The first-order valence-corrected chi connectivity index (χ1v) is 6.37. The Morgan fingerprint density at radius 1 is 1.38 bits per heavy atom. The van der Waals surface area contributed by atoms with E-state index in [4.69, 9.17) is 5.11 Å². The van der Waals surface area contributed by atoms with Gasteiger partial charge in [0.2, 0.25) is 5.91 Å². The summed E-state index contributed by atoms with van der Waals surface area (Å²) in [7, 11) is 0. The molecule has 1 aromatic carbocycles. The maximum Gasteiger partial charge on any atom is 0.339 e. The summed E-state index contributed by atoms with van der Waals surface area (Å²) in [6, 6.07) is 3.33. The summed E-state index contributed by atoms with van der Waals surface area (Å²) in [5.74, 6) is -1.84. The van der Waals surface area contributed by atoms with E-state index in [-0.39, 0.29) is 29.7 Å². The van der Waals surface area contributed by atoms with Crippen LogP contribution in [0.15, 0.2) is 18.2 Å². The van der Waals surface area contributed by atoms with E-state index >= 15 is 0 Å². The van der Waals surface area contributed by atoms with E-state index < -0.39 is 17.7 Å². The van der Waals surface area contributed by atoms with Gasteiger partial charge in [0.15, 0.2) is 5.75 Å². The topological polar surface area (TPSA) is 128 Å². The van der Waals surface area contributed by atoms with Gasteiger partial charge in [0.1, 0.15) is 5.56 Å². The molecule has 1 aromatic rings. The van der Waals surface area contributed by atoms with Crippen molar-refractivity contribution in [3.63, 3.8) is 0 Å². The van der Waals surface area contributed by atoms with Gasteiger partial charge in [-0.2, -0.15) is 0 Å². The first kappa shape index (κ1) is 14.6. The number of hydrogen-bond acceptors (Lipinski definition) is 4. The highest BCUT2D eigenvalue weighted by atomic mass is 16.4. The van der Waals surface area contributed by atoms with Crippen molar-refractivity contribution in [1.82, 2.24) is 10.6 Å². The molecule has 0 aliphatic carbocycles. The molecule has 8 nitrogen and oxygen atoms in total. The van der Waals surface area contributed by atoms with Crippen LogP contribution in [0.2, 0.25) is 0 Å². The minimum absolute atomic E-state index is 0.00265. The molecule has 3 amide bonds. The molecular weight excluding hydrogens is 278 g/mol. The van der Waals surface area contributed by atoms with Crippen molar-refractivity contribution in [2.45, 2.75) is 18.9 Å². The summed E-state index contributed by atoms with van der Waals surface area (Å²) in [6.07, 6.45) is 1.09. The Morgan fingerprint density at radius 3 is 2.76 bits per heavy atom. The van der Waals surface area contributed by atoms with Crippen LogP contribution >= 0.6 is 0 Å². The number of hydrogen-bond donors (Lipinski definition) is 5. The molecule has 1 saturated heterocycles. The number of aromatic carboxylic acids is 1. The average Bonchev–Trinajstić information content (AvgIpc) is 2.84. The number of amides is 3. The number of para-hydroxylation sites is 1. The van der Waals surface area contributed by atoms with Crippen molar-refractivity contribution >= 4 is 23.6 Å². The molecule has 1 aliphatic heterocycles. The molecule has 1 aliphatic rings. The summed E-state index contributed by atoms with van der Waals surface area (Å²) in [4.78, 5) is 33.6. The van der Waals surface area contributed by atoms with Crippen molar-refractivity contribution in [3.05, 3.63) is 23.8 Å². The quantitative estimate of drug-likeness (QED) is 0.516. The summed E-state index contributed by atoms with van der Waals surface area (Å²) >= 11 is 0. The fourth-order valence-electron chi connectivity index (χ4n) is 2.03. The smallest absolute Gasteiger partial charge is 0.339 e. The number of carbonyl (C=O) groups excluding carboxylic acids is 2. The molecule has 0 bridgehead atoms. The van der Waals surface area contributed by atoms with Crippen LogP contribution in [0, 0.1) is 0 Å². The van der Waals surface area contributed by atoms with Crippen molar-refractivity contribution < 1.29 is 24.6 Å². The van der Waals surface area contributed by atoms with Crippen LogP contribution in [0.3, 0.4) is 0 Å². The van der Waals surface area contributed by atoms with Crippen LogP contribution in [0.5, 0.6) is 5.75 Å². The summed E-state index contributed by atoms with van der Waals surface area (Å²) in [6.45, 7) is 0.261. The Hall–Kier alpha value is -2.77. The lowest BCUT2D eigenvalue weighted by Gasteiger charge is -2.13.